The van der Waals surface area contributed by atoms with E-state index in [1.807, 2.05) is 54.6 Å². The van der Waals surface area contributed by atoms with Crippen LogP contribution >= 0.6 is 0 Å². The van der Waals surface area contributed by atoms with Gasteiger partial charge >= 0.3 is 0 Å². The van der Waals surface area contributed by atoms with Crippen molar-refractivity contribution >= 4 is 28.4 Å². The molecule has 0 unspecified atom stereocenters. The van der Waals surface area contributed by atoms with Crippen molar-refractivity contribution < 1.29 is 9.59 Å². The van der Waals surface area contributed by atoms with Crippen LogP contribution in [0, 0.1) is 19.8 Å². The Hall–Kier alpha value is -3.86. The molecule has 1 saturated carbocycles. The molecular weight excluding hydrogens is 422 g/mol. The first-order valence-corrected chi connectivity index (χ1v) is 11.8. The fraction of sp³-hybridized carbons (Fsp3) is 0.241. The van der Waals surface area contributed by atoms with Gasteiger partial charge in [0.25, 0.3) is 5.91 Å². The molecule has 0 saturated heterocycles. The molecule has 1 heterocycles. The van der Waals surface area contributed by atoms with E-state index in [-0.39, 0.29) is 17.7 Å². The number of aromatic nitrogens is 1. The molecule has 1 aliphatic carbocycles. The highest BCUT2D eigenvalue weighted by molar-refractivity contribution is 6.01. The number of benzene rings is 3. The minimum atomic E-state index is -0.117. The number of rotatable bonds is 7. The third kappa shape index (κ3) is 4.74. The number of fused-ring (bicyclic) bond motifs is 1. The zero-order valence-corrected chi connectivity index (χ0v) is 19.6. The SMILES string of the molecule is Cc1ccc(C)c(Cn2c(C(=O)NCc3ccccc3)cc3cc(NC(=O)C4CC4)ccc32)c1. The Kier molecular flexibility index (Phi) is 5.93. The Labute approximate surface area is 199 Å². The summed E-state index contributed by atoms with van der Waals surface area (Å²) in [6.45, 7) is 5.24. The highest BCUT2D eigenvalue weighted by Gasteiger charge is 2.29. The Balaban J connectivity index is 1.49. The largest absolute Gasteiger partial charge is 0.347 e. The van der Waals surface area contributed by atoms with Gasteiger partial charge in [-0.1, -0.05) is 54.1 Å². The second-order valence-electron chi connectivity index (χ2n) is 9.25. The van der Waals surface area contributed by atoms with Gasteiger partial charge in [-0.25, -0.2) is 0 Å². The quantitative estimate of drug-likeness (QED) is 0.385. The van der Waals surface area contributed by atoms with Crippen molar-refractivity contribution in [1.82, 2.24) is 9.88 Å². The monoisotopic (exact) mass is 451 g/mol. The molecule has 0 aliphatic heterocycles. The molecule has 172 valence electrons. The summed E-state index contributed by atoms with van der Waals surface area (Å²) in [5.41, 5.74) is 6.96. The highest BCUT2D eigenvalue weighted by atomic mass is 16.2. The van der Waals surface area contributed by atoms with Crippen LogP contribution < -0.4 is 10.6 Å². The van der Waals surface area contributed by atoms with E-state index in [1.54, 1.807) is 0 Å². The Bertz CT molecular complexity index is 1370. The molecule has 0 radical (unpaired) electrons. The lowest BCUT2D eigenvalue weighted by Gasteiger charge is -2.14. The number of hydrogen-bond acceptors (Lipinski definition) is 2. The summed E-state index contributed by atoms with van der Waals surface area (Å²) in [6.07, 6.45) is 1.93. The lowest BCUT2D eigenvalue weighted by molar-refractivity contribution is -0.117. The smallest absolute Gasteiger partial charge is 0.268 e. The molecule has 1 fully saturated rings. The molecule has 5 rings (SSSR count). The third-order valence-corrected chi connectivity index (χ3v) is 6.48. The minimum absolute atomic E-state index is 0.0787. The molecule has 2 N–H and O–H groups in total. The van der Waals surface area contributed by atoms with Crippen LogP contribution in [0.3, 0.4) is 0 Å². The number of carbonyl (C=O) groups is 2. The van der Waals surface area contributed by atoms with E-state index in [4.69, 9.17) is 0 Å². The van der Waals surface area contributed by atoms with Gasteiger partial charge in [0.2, 0.25) is 5.91 Å². The van der Waals surface area contributed by atoms with Crippen LogP contribution in [0.1, 0.15) is 45.6 Å². The highest BCUT2D eigenvalue weighted by Crippen LogP contribution is 2.31. The van der Waals surface area contributed by atoms with Crippen LogP contribution in [0.4, 0.5) is 5.69 Å². The fourth-order valence-electron chi connectivity index (χ4n) is 4.31. The number of carbonyl (C=O) groups excluding carboxylic acids is 2. The van der Waals surface area contributed by atoms with E-state index in [9.17, 15) is 9.59 Å². The molecule has 5 nitrogen and oxygen atoms in total. The van der Waals surface area contributed by atoms with Gasteiger partial charge in [0.15, 0.2) is 0 Å². The van der Waals surface area contributed by atoms with Crippen LogP contribution in [-0.4, -0.2) is 16.4 Å². The summed E-state index contributed by atoms with van der Waals surface area (Å²) >= 11 is 0. The Morgan fingerprint density at radius 2 is 1.74 bits per heavy atom. The summed E-state index contributed by atoms with van der Waals surface area (Å²) in [5, 5.41) is 7.02. The summed E-state index contributed by atoms with van der Waals surface area (Å²) in [4.78, 5) is 25.6. The fourth-order valence-corrected chi connectivity index (χ4v) is 4.31. The molecule has 0 bridgehead atoms. The van der Waals surface area contributed by atoms with Gasteiger partial charge in [0, 0.05) is 35.6 Å². The van der Waals surface area contributed by atoms with Crippen molar-refractivity contribution in [2.75, 3.05) is 5.32 Å². The van der Waals surface area contributed by atoms with Gasteiger partial charge in [-0.2, -0.15) is 0 Å². The van der Waals surface area contributed by atoms with E-state index in [0.29, 0.717) is 18.8 Å². The molecule has 0 atom stereocenters. The van der Waals surface area contributed by atoms with E-state index in [2.05, 4.69) is 47.2 Å². The van der Waals surface area contributed by atoms with Crippen LogP contribution in [0.25, 0.3) is 10.9 Å². The average Bonchev–Trinajstić information content (AvgIpc) is 3.63. The molecule has 2 amide bonds. The van der Waals surface area contributed by atoms with E-state index < -0.39 is 0 Å². The predicted octanol–water partition coefficient (Wildman–Crippen LogP) is 5.58. The number of anilines is 1. The number of nitrogens with zero attached hydrogens (tertiary/aromatic N) is 1. The van der Waals surface area contributed by atoms with E-state index >= 15 is 0 Å². The minimum Gasteiger partial charge on any atom is -0.347 e. The van der Waals surface area contributed by atoms with Crippen LogP contribution in [-0.2, 0) is 17.9 Å². The summed E-state index contributed by atoms with van der Waals surface area (Å²) in [7, 11) is 0. The predicted molar refractivity (Wildman–Crippen MR) is 136 cm³/mol. The topological polar surface area (TPSA) is 63.1 Å². The maximum absolute atomic E-state index is 13.3. The first-order valence-electron chi connectivity index (χ1n) is 11.8. The van der Waals surface area contributed by atoms with Gasteiger partial charge in [0.05, 0.1) is 0 Å². The first-order chi connectivity index (χ1) is 16.5. The lowest BCUT2D eigenvalue weighted by Crippen LogP contribution is -2.25. The van der Waals surface area contributed by atoms with Gasteiger partial charge in [0.1, 0.15) is 5.69 Å². The zero-order valence-electron chi connectivity index (χ0n) is 19.6. The van der Waals surface area contributed by atoms with Crippen molar-refractivity contribution in [3.8, 4) is 0 Å². The Morgan fingerprint density at radius 1 is 0.941 bits per heavy atom. The summed E-state index contributed by atoms with van der Waals surface area (Å²) in [6, 6.07) is 24.1. The maximum Gasteiger partial charge on any atom is 0.268 e. The molecular formula is C29H29N3O2. The maximum atomic E-state index is 13.3. The van der Waals surface area contributed by atoms with Crippen molar-refractivity contribution in [1.29, 1.82) is 0 Å². The van der Waals surface area contributed by atoms with Crippen LogP contribution in [0.2, 0.25) is 0 Å². The second-order valence-corrected chi connectivity index (χ2v) is 9.25. The standard InChI is InChI=1S/C29H29N3O2/c1-19-8-9-20(2)24(14-19)18-32-26-13-12-25(31-28(33)22-10-11-22)15-23(26)16-27(32)29(34)30-17-21-6-4-3-5-7-21/h3-9,12-16,22H,10-11,17-18H2,1-2H3,(H,30,34)(H,31,33). The van der Waals surface area contributed by atoms with E-state index in [1.165, 1.54) is 16.7 Å². The number of aryl methyl sites for hydroxylation is 2. The molecule has 4 aromatic rings. The molecule has 1 aromatic heterocycles. The zero-order chi connectivity index (χ0) is 23.7. The molecule has 5 heteroatoms. The van der Waals surface area contributed by atoms with Crippen molar-refractivity contribution in [3.05, 3.63) is 101 Å². The average molecular weight is 452 g/mol. The van der Waals surface area contributed by atoms with E-state index in [0.717, 1.165) is 35.0 Å². The molecule has 34 heavy (non-hydrogen) atoms. The summed E-state index contributed by atoms with van der Waals surface area (Å²) < 4.78 is 2.07. The van der Waals surface area contributed by atoms with Crippen LogP contribution in [0.5, 0.6) is 0 Å². The number of nitrogens with one attached hydrogen (secondary N) is 2. The lowest BCUT2D eigenvalue weighted by atomic mass is 10.1. The first kappa shape index (κ1) is 22.0. The number of hydrogen-bond donors (Lipinski definition) is 2. The third-order valence-electron chi connectivity index (χ3n) is 6.48. The summed E-state index contributed by atoms with van der Waals surface area (Å²) in [5.74, 6) is 0.104. The Morgan fingerprint density at radius 3 is 2.50 bits per heavy atom. The van der Waals surface area contributed by atoms with Gasteiger partial charge in [-0.15, -0.1) is 0 Å². The number of amides is 2. The molecule has 0 spiro atoms. The van der Waals surface area contributed by atoms with Gasteiger partial charge in [-0.05, 0) is 67.6 Å². The second kappa shape index (κ2) is 9.18. The molecule has 3 aromatic carbocycles. The molecule has 1 aliphatic rings. The van der Waals surface area contributed by atoms with Crippen LogP contribution in [0.15, 0.2) is 72.8 Å². The van der Waals surface area contributed by atoms with Crippen molar-refractivity contribution in [2.45, 2.75) is 39.8 Å². The normalized spacial score (nSPS) is 13.1. The van der Waals surface area contributed by atoms with Gasteiger partial charge < -0.3 is 15.2 Å². The van der Waals surface area contributed by atoms with Gasteiger partial charge in [-0.3, -0.25) is 9.59 Å². The van der Waals surface area contributed by atoms with Crippen molar-refractivity contribution in [3.63, 3.8) is 0 Å². The van der Waals surface area contributed by atoms with Crippen molar-refractivity contribution in [2.24, 2.45) is 5.92 Å².